The Balaban J connectivity index is 2.46. The fourth-order valence-corrected chi connectivity index (χ4v) is 1.17. The Hall–Kier alpha value is -0.700. The van der Waals surface area contributed by atoms with E-state index in [1.54, 1.807) is 0 Å². The second kappa shape index (κ2) is 5.04. The summed E-state index contributed by atoms with van der Waals surface area (Å²) in [7, 11) is 0. The summed E-state index contributed by atoms with van der Waals surface area (Å²) in [4.78, 5) is 0. The minimum atomic E-state index is 0.626. The fourth-order valence-electron chi connectivity index (χ4n) is 0.990. The monoisotopic (exact) mass is 185 g/mol. The third-order valence-electron chi connectivity index (χ3n) is 1.68. The van der Waals surface area contributed by atoms with Crippen LogP contribution in [0.2, 0.25) is 5.02 Å². The molecule has 12 heavy (non-hydrogen) atoms. The van der Waals surface area contributed by atoms with Crippen molar-refractivity contribution >= 4 is 11.6 Å². The smallest absolute Gasteiger partial charge is 0.0850 e. The van der Waals surface area contributed by atoms with E-state index in [4.69, 9.17) is 11.6 Å². The first-order valence-electron chi connectivity index (χ1n) is 4.17. The van der Waals surface area contributed by atoms with Crippen LogP contribution in [0, 0.1) is 0 Å². The molecule has 0 saturated heterocycles. The normalized spacial score (nSPS) is 10.2. The molecule has 0 N–H and O–H groups in total. The molecule has 0 aliphatic rings. The maximum atomic E-state index is 5.84. The van der Waals surface area contributed by atoms with Crippen LogP contribution in [0.4, 0.5) is 0 Å². The Morgan fingerprint density at radius 2 is 2.25 bits per heavy atom. The molecule has 0 atom stereocenters. The molecule has 0 fully saturated rings. The highest BCUT2D eigenvalue weighted by atomic mass is 35.5. The van der Waals surface area contributed by atoms with E-state index in [2.05, 4.69) is 22.3 Å². The zero-order chi connectivity index (χ0) is 8.81. The van der Waals surface area contributed by atoms with E-state index in [-0.39, 0.29) is 0 Å². The van der Waals surface area contributed by atoms with Gasteiger partial charge in [0.15, 0.2) is 0 Å². The molecule has 0 radical (unpaired) electrons. The van der Waals surface area contributed by atoms with Crippen molar-refractivity contribution in [3.63, 3.8) is 0 Å². The topological polar surface area (TPSA) is 38.7 Å². The van der Waals surface area contributed by atoms with E-state index in [0.29, 0.717) is 5.02 Å². The van der Waals surface area contributed by atoms with Crippen LogP contribution < -0.4 is 0 Å². The van der Waals surface area contributed by atoms with Gasteiger partial charge in [0.2, 0.25) is 0 Å². The molecule has 1 heterocycles. The first kappa shape index (κ1) is 9.39. The molecule has 0 bridgehead atoms. The standard InChI is InChI=1S/C8H12ClN3/c1-2-3-4-5-8-7(9)6-10-12-11-8/h6H,2-5H2,1H3. The van der Waals surface area contributed by atoms with Crippen LogP contribution in [-0.2, 0) is 6.42 Å². The quantitative estimate of drug-likeness (QED) is 0.676. The number of halogens is 1. The summed E-state index contributed by atoms with van der Waals surface area (Å²) in [6, 6.07) is 0. The number of hydrogen-bond acceptors (Lipinski definition) is 3. The second-order valence-corrected chi connectivity index (χ2v) is 3.09. The summed E-state index contributed by atoms with van der Waals surface area (Å²) in [5.74, 6) is 0. The molecule has 0 spiro atoms. The van der Waals surface area contributed by atoms with Gasteiger partial charge in [-0.15, -0.1) is 10.2 Å². The van der Waals surface area contributed by atoms with Gasteiger partial charge in [0.25, 0.3) is 0 Å². The lowest BCUT2D eigenvalue weighted by atomic mass is 10.1. The van der Waals surface area contributed by atoms with Crippen molar-refractivity contribution in [3.05, 3.63) is 16.9 Å². The average molecular weight is 186 g/mol. The maximum Gasteiger partial charge on any atom is 0.0850 e. The molecule has 0 aromatic carbocycles. The molecule has 3 nitrogen and oxygen atoms in total. The molecule has 0 saturated carbocycles. The molecule has 0 amide bonds. The highest BCUT2D eigenvalue weighted by Crippen LogP contribution is 2.12. The Kier molecular flexibility index (Phi) is 3.94. The number of nitrogens with zero attached hydrogens (tertiary/aromatic N) is 3. The van der Waals surface area contributed by atoms with E-state index in [9.17, 15) is 0 Å². The number of aryl methyl sites for hydroxylation is 1. The van der Waals surface area contributed by atoms with Crippen molar-refractivity contribution in [2.75, 3.05) is 0 Å². The van der Waals surface area contributed by atoms with Crippen molar-refractivity contribution in [3.8, 4) is 0 Å². The molecule has 66 valence electrons. The summed E-state index contributed by atoms with van der Waals surface area (Å²) in [5.41, 5.74) is 0.861. The predicted molar refractivity (Wildman–Crippen MR) is 48.1 cm³/mol. The van der Waals surface area contributed by atoms with Crippen molar-refractivity contribution in [2.45, 2.75) is 32.6 Å². The van der Waals surface area contributed by atoms with Crippen LogP contribution in [0.25, 0.3) is 0 Å². The Bertz CT molecular complexity index is 239. The minimum Gasteiger partial charge on any atom is -0.137 e. The summed E-state index contributed by atoms with van der Waals surface area (Å²) in [6.07, 6.45) is 5.98. The number of hydrogen-bond donors (Lipinski definition) is 0. The molecule has 0 aliphatic carbocycles. The molecule has 0 unspecified atom stereocenters. The average Bonchev–Trinajstić information content (AvgIpc) is 2.09. The SMILES string of the molecule is CCCCCc1nnncc1Cl. The van der Waals surface area contributed by atoms with Gasteiger partial charge in [0.1, 0.15) is 0 Å². The second-order valence-electron chi connectivity index (χ2n) is 2.69. The van der Waals surface area contributed by atoms with E-state index < -0.39 is 0 Å². The van der Waals surface area contributed by atoms with E-state index >= 15 is 0 Å². The number of rotatable bonds is 4. The largest absolute Gasteiger partial charge is 0.137 e. The van der Waals surface area contributed by atoms with Crippen molar-refractivity contribution in [1.82, 2.24) is 15.4 Å². The van der Waals surface area contributed by atoms with Crippen LogP contribution in [0.3, 0.4) is 0 Å². The van der Waals surface area contributed by atoms with Gasteiger partial charge >= 0.3 is 0 Å². The highest BCUT2D eigenvalue weighted by Gasteiger charge is 2.00. The summed E-state index contributed by atoms with van der Waals surface area (Å²) < 4.78 is 0. The van der Waals surface area contributed by atoms with Crippen LogP contribution in [-0.4, -0.2) is 15.4 Å². The first-order chi connectivity index (χ1) is 5.84. The molecule has 1 rings (SSSR count). The lowest BCUT2D eigenvalue weighted by molar-refractivity contribution is 0.689. The third kappa shape index (κ3) is 2.74. The summed E-state index contributed by atoms with van der Waals surface area (Å²) >= 11 is 5.84. The highest BCUT2D eigenvalue weighted by molar-refractivity contribution is 6.31. The van der Waals surface area contributed by atoms with Crippen LogP contribution >= 0.6 is 11.6 Å². The van der Waals surface area contributed by atoms with Crippen LogP contribution in [0.15, 0.2) is 6.20 Å². The molecule has 4 heteroatoms. The molecular weight excluding hydrogens is 174 g/mol. The Morgan fingerprint density at radius 1 is 1.42 bits per heavy atom. The summed E-state index contributed by atoms with van der Waals surface area (Å²) in [5, 5.41) is 11.6. The molecule has 1 aromatic heterocycles. The van der Waals surface area contributed by atoms with Gasteiger partial charge < -0.3 is 0 Å². The van der Waals surface area contributed by atoms with Gasteiger partial charge in [0.05, 0.1) is 16.9 Å². The van der Waals surface area contributed by atoms with Crippen molar-refractivity contribution in [2.24, 2.45) is 0 Å². The van der Waals surface area contributed by atoms with Gasteiger partial charge in [-0.25, -0.2) is 0 Å². The maximum absolute atomic E-state index is 5.84. The van der Waals surface area contributed by atoms with E-state index in [1.165, 1.54) is 19.0 Å². The van der Waals surface area contributed by atoms with Gasteiger partial charge in [-0.2, -0.15) is 0 Å². The number of unbranched alkanes of at least 4 members (excludes halogenated alkanes) is 2. The number of aromatic nitrogens is 3. The van der Waals surface area contributed by atoms with Gasteiger partial charge in [0, 0.05) is 0 Å². The van der Waals surface area contributed by atoms with E-state index in [0.717, 1.165) is 18.5 Å². The Labute approximate surface area is 77.2 Å². The first-order valence-corrected chi connectivity index (χ1v) is 4.55. The zero-order valence-electron chi connectivity index (χ0n) is 7.13. The minimum absolute atomic E-state index is 0.626. The summed E-state index contributed by atoms with van der Waals surface area (Å²) in [6.45, 7) is 2.17. The van der Waals surface area contributed by atoms with Gasteiger partial charge in [-0.3, -0.25) is 0 Å². The molecule has 0 aliphatic heterocycles. The van der Waals surface area contributed by atoms with Crippen molar-refractivity contribution < 1.29 is 0 Å². The lowest BCUT2D eigenvalue weighted by Crippen LogP contribution is -1.96. The lowest BCUT2D eigenvalue weighted by Gasteiger charge is -1.98. The van der Waals surface area contributed by atoms with Crippen LogP contribution in [0.1, 0.15) is 31.9 Å². The van der Waals surface area contributed by atoms with Gasteiger partial charge in [-0.05, 0) is 18.1 Å². The van der Waals surface area contributed by atoms with Crippen LogP contribution in [0.5, 0.6) is 0 Å². The zero-order valence-corrected chi connectivity index (χ0v) is 7.88. The molecule has 1 aromatic rings. The fraction of sp³-hybridized carbons (Fsp3) is 0.625. The van der Waals surface area contributed by atoms with Crippen molar-refractivity contribution in [1.29, 1.82) is 0 Å². The Morgan fingerprint density at radius 3 is 2.92 bits per heavy atom. The third-order valence-corrected chi connectivity index (χ3v) is 2.00. The predicted octanol–water partition coefficient (Wildman–Crippen LogP) is 2.26. The van der Waals surface area contributed by atoms with Gasteiger partial charge in [-0.1, -0.05) is 31.4 Å². The molecular formula is C8H12ClN3. The van der Waals surface area contributed by atoms with E-state index in [1.807, 2.05) is 0 Å².